The molecule has 0 aliphatic heterocycles. The molecular weight excluding hydrogens is 327 g/mol. The molecule has 0 spiro atoms. The molecule has 2 N–H and O–H groups in total. The van der Waals surface area contributed by atoms with E-state index in [9.17, 15) is 19.3 Å². The molecular formula is C17H13FN4O3. The van der Waals surface area contributed by atoms with Crippen molar-refractivity contribution in [2.24, 2.45) is 0 Å². The fourth-order valence-electron chi connectivity index (χ4n) is 1.95. The fourth-order valence-corrected chi connectivity index (χ4v) is 1.95. The molecule has 0 saturated heterocycles. The van der Waals surface area contributed by atoms with Crippen molar-refractivity contribution in [1.29, 1.82) is 5.26 Å². The predicted octanol–water partition coefficient (Wildman–Crippen LogP) is 2.87. The molecule has 0 fully saturated rings. The minimum absolute atomic E-state index is 0.0991. The lowest BCUT2D eigenvalue weighted by molar-refractivity contribution is -0.384. The number of halogens is 1. The summed E-state index contributed by atoms with van der Waals surface area (Å²) in [5, 5.41) is 24.9. The number of amides is 1. The van der Waals surface area contributed by atoms with Crippen LogP contribution in [-0.4, -0.2) is 10.8 Å². The minimum Gasteiger partial charge on any atom is -0.385 e. The summed E-state index contributed by atoms with van der Waals surface area (Å²) in [6, 6.07) is 13.2. The Morgan fingerprint density at radius 3 is 2.72 bits per heavy atom. The number of nitrogens with one attached hydrogen (secondary N) is 2. The molecule has 8 heteroatoms. The fraction of sp³-hybridized carbons (Fsp3) is 0.0588. The monoisotopic (exact) mass is 340 g/mol. The highest BCUT2D eigenvalue weighted by Gasteiger charge is 2.12. The van der Waals surface area contributed by atoms with E-state index in [1.54, 1.807) is 24.3 Å². The van der Waals surface area contributed by atoms with Crippen molar-refractivity contribution in [2.75, 3.05) is 5.32 Å². The SMILES string of the molecule is N#C/C(=C/NCc1ccccc1F)C(=O)Nc1cccc([N+](=O)[O-])c1. The average molecular weight is 340 g/mol. The standard InChI is InChI=1S/C17H13FN4O3/c18-16-7-2-1-4-12(16)10-20-11-13(9-19)17(23)21-14-5-3-6-15(8-14)22(24)25/h1-8,11,20H,10H2,(H,21,23)/b13-11-. The molecule has 0 aliphatic carbocycles. The van der Waals surface area contributed by atoms with Crippen LogP contribution in [0, 0.1) is 27.3 Å². The topological polar surface area (TPSA) is 108 Å². The number of nitriles is 1. The molecule has 25 heavy (non-hydrogen) atoms. The lowest BCUT2D eigenvalue weighted by atomic mass is 10.2. The summed E-state index contributed by atoms with van der Waals surface area (Å²) in [5.74, 6) is -1.13. The molecule has 2 aromatic carbocycles. The number of nitrogens with zero attached hydrogens (tertiary/aromatic N) is 2. The lowest BCUT2D eigenvalue weighted by Crippen LogP contribution is -2.17. The third-order valence-electron chi connectivity index (χ3n) is 3.18. The van der Waals surface area contributed by atoms with E-state index in [-0.39, 0.29) is 23.5 Å². The van der Waals surface area contributed by atoms with Gasteiger partial charge in [-0.25, -0.2) is 4.39 Å². The van der Waals surface area contributed by atoms with Crippen molar-refractivity contribution < 1.29 is 14.1 Å². The Morgan fingerprint density at radius 2 is 2.04 bits per heavy atom. The minimum atomic E-state index is -0.732. The van der Waals surface area contributed by atoms with Gasteiger partial charge in [0, 0.05) is 36.1 Å². The predicted molar refractivity (Wildman–Crippen MR) is 88.7 cm³/mol. The smallest absolute Gasteiger partial charge is 0.271 e. The van der Waals surface area contributed by atoms with Crippen molar-refractivity contribution in [3.8, 4) is 6.07 Å². The number of anilines is 1. The van der Waals surface area contributed by atoms with Crippen LogP contribution in [0.5, 0.6) is 0 Å². The summed E-state index contributed by atoms with van der Waals surface area (Å²) in [4.78, 5) is 22.2. The molecule has 0 atom stereocenters. The highest BCUT2D eigenvalue weighted by Crippen LogP contribution is 2.17. The van der Waals surface area contributed by atoms with Gasteiger partial charge in [-0.15, -0.1) is 0 Å². The molecule has 2 aromatic rings. The van der Waals surface area contributed by atoms with Gasteiger partial charge in [-0.3, -0.25) is 14.9 Å². The lowest BCUT2D eigenvalue weighted by Gasteiger charge is -2.06. The molecule has 0 bridgehead atoms. The zero-order chi connectivity index (χ0) is 18.2. The normalized spacial score (nSPS) is 10.6. The number of hydrogen-bond acceptors (Lipinski definition) is 5. The molecule has 0 radical (unpaired) electrons. The summed E-state index contributed by atoms with van der Waals surface area (Å²) in [5.41, 5.74) is 0.144. The summed E-state index contributed by atoms with van der Waals surface area (Å²) in [6.45, 7) is 0.0991. The van der Waals surface area contributed by atoms with Crippen LogP contribution in [0.2, 0.25) is 0 Å². The molecule has 0 heterocycles. The Balaban J connectivity index is 2.03. The average Bonchev–Trinajstić information content (AvgIpc) is 2.60. The Morgan fingerprint density at radius 1 is 1.28 bits per heavy atom. The highest BCUT2D eigenvalue weighted by molar-refractivity contribution is 6.06. The summed E-state index contributed by atoms with van der Waals surface area (Å²) >= 11 is 0. The van der Waals surface area contributed by atoms with Gasteiger partial charge in [0.05, 0.1) is 4.92 Å². The van der Waals surface area contributed by atoms with Crippen LogP contribution in [0.25, 0.3) is 0 Å². The maximum atomic E-state index is 13.5. The Bertz CT molecular complexity index is 874. The van der Waals surface area contributed by atoms with Gasteiger partial charge in [0.1, 0.15) is 17.5 Å². The van der Waals surface area contributed by atoms with E-state index < -0.39 is 16.6 Å². The third-order valence-corrected chi connectivity index (χ3v) is 3.18. The molecule has 2 rings (SSSR count). The second-order valence-electron chi connectivity index (χ2n) is 4.90. The van der Waals surface area contributed by atoms with E-state index in [0.717, 1.165) is 0 Å². The van der Waals surface area contributed by atoms with E-state index in [1.807, 2.05) is 0 Å². The number of nitro groups is 1. The second kappa shape index (κ2) is 8.21. The maximum Gasteiger partial charge on any atom is 0.271 e. The zero-order valence-electron chi connectivity index (χ0n) is 12.9. The largest absolute Gasteiger partial charge is 0.385 e. The number of hydrogen-bond donors (Lipinski definition) is 2. The number of carbonyl (C=O) groups is 1. The van der Waals surface area contributed by atoms with E-state index in [2.05, 4.69) is 10.6 Å². The molecule has 7 nitrogen and oxygen atoms in total. The first kappa shape index (κ1) is 17.6. The molecule has 0 aromatic heterocycles. The van der Waals surface area contributed by atoms with E-state index in [0.29, 0.717) is 5.56 Å². The van der Waals surface area contributed by atoms with Gasteiger partial charge in [0.2, 0.25) is 0 Å². The van der Waals surface area contributed by atoms with E-state index in [4.69, 9.17) is 5.26 Å². The van der Waals surface area contributed by atoms with Crippen LogP contribution < -0.4 is 10.6 Å². The van der Waals surface area contributed by atoms with E-state index in [1.165, 1.54) is 36.5 Å². The highest BCUT2D eigenvalue weighted by atomic mass is 19.1. The first-order valence-electron chi connectivity index (χ1n) is 7.14. The van der Waals surface area contributed by atoms with Gasteiger partial charge < -0.3 is 10.6 Å². The molecule has 0 unspecified atom stereocenters. The van der Waals surface area contributed by atoms with Crippen LogP contribution in [0.15, 0.2) is 60.3 Å². The molecule has 0 saturated carbocycles. The number of rotatable bonds is 6. The zero-order valence-corrected chi connectivity index (χ0v) is 12.9. The number of nitro benzene ring substituents is 1. The van der Waals surface area contributed by atoms with Crippen molar-refractivity contribution in [3.63, 3.8) is 0 Å². The van der Waals surface area contributed by atoms with Gasteiger partial charge in [-0.2, -0.15) is 5.26 Å². The van der Waals surface area contributed by atoms with Crippen LogP contribution in [0.4, 0.5) is 15.8 Å². The van der Waals surface area contributed by atoms with Crippen LogP contribution in [-0.2, 0) is 11.3 Å². The number of benzene rings is 2. The quantitative estimate of drug-likeness (QED) is 0.364. The molecule has 1 amide bonds. The van der Waals surface area contributed by atoms with Gasteiger partial charge in [0.15, 0.2) is 0 Å². The maximum absolute atomic E-state index is 13.5. The Labute approximate surface area is 142 Å². The number of non-ortho nitro benzene ring substituents is 1. The van der Waals surface area contributed by atoms with Gasteiger partial charge in [0.25, 0.3) is 11.6 Å². The van der Waals surface area contributed by atoms with Crippen LogP contribution in [0.3, 0.4) is 0 Å². The van der Waals surface area contributed by atoms with Gasteiger partial charge >= 0.3 is 0 Å². The van der Waals surface area contributed by atoms with Crippen molar-refractivity contribution >= 4 is 17.3 Å². The van der Waals surface area contributed by atoms with Gasteiger partial charge in [-0.1, -0.05) is 24.3 Å². The van der Waals surface area contributed by atoms with Gasteiger partial charge in [-0.05, 0) is 12.1 Å². The first-order valence-corrected chi connectivity index (χ1v) is 7.14. The molecule has 0 aliphatic rings. The summed E-state index contributed by atoms with van der Waals surface area (Å²) in [7, 11) is 0. The second-order valence-corrected chi connectivity index (χ2v) is 4.90. The van der Waals surface area contributed by atoms with Crippen molar-refractivity contribution in [3.05, 3.63) is 81.8 Å². The van der Waals surface area contributed by atoms with Crippen LogP contribution >= 0.6 is 0 Å². The summed E-state index contributed by atoms with van der Waals surface area (Å²) in [6.07, 6.45) is 1.17. The van der Waals surface area contributed by atoms with Crippen molar-refractivity contribution in [2.45, 2.75) is 6.54 Å². The Hall–Kier alpha value is -3.73. The van der Waals surface area contributed by atoms with E-state index >= 15 is 0 Å². The molecule has 126 valence electrons. The number of carbonyl (C=O) groups excluding carboxylic acids is 1. The van der Waals surface area contributed by atoms with Crippen molar-refractivity contribution in [1.82, 2.24) is 5.32 Å². The first-order chi connectivity index (χ1) is 12.0. The third kappa shape index (κ3) is 4.87. The summed E-state index contributed by atoms with van der Waals surface area (Å²) < 4.78 is 13.5. The van der Waals surface area contributed by atoms with Crippen LogP contribution in [0.1, 0.15) is 5.56 Å². The Kier molecular flexibility index (Phi) is 5.79.